The molecule has 1 aliphatic heterocycles. The van der Waals surface area contributed by atoms with Crippen molar-refractivity contribution in [1.29, 1.82) is 0 Å². The van der Waals surface area contributed by atoms with Gasteiger partial charge < -0.3 is 5.73 Å². The van der Waals surface area contributed by atoms with Crippen molar-refractivity contribution in [1.82, 2.24) is 9.80 Å². The van der Waals surface area contributed by atoms with Crippen molar-refractivity contribution in [2.24, 2.45) is 5.73 Å². The molecule has 3 nitrogen and oxygen atoms in total. The van der Waals surface area contributed by atoms with Gasteiger partial charge in [-0.15, -0.1) is 11.3 Å². The van der Waals surface area contributed by atoms with Crippen LogP contribution in [0.2, 0.25) is 0 Å². The quantitative estimate of drug-likeness (QED) is 0.862. The fraction of sp³-hybridized carbons (Fsp3) is 0.571. The second-order valence-corrected chi connectivity index (χ2v) is 5.97. The maximum Gasteiger partial charge on any atom is 0.401 e. The number of hydrogen-bond donors (Lipinski definition) is 1. The summed E-state index contributed by atoms with van der Waals surface area (Å²) in [6.45, 7) is 2.56. The lowest BCUT2D eigenvalue weighted by Gasteiger charge is -2.34. The van der Waals surface area contributed by atoms with Crippen molar-refractivity contribution < 1.29 is 13.2 Å². The largest absolute Gasteiger partial charge is 0.401 e. The molecule has 0 radical (unpaired) electrons. The topological polar surface area (TPSA) is 32.5 Å². The average molecular weight is 317 g/mol. The Labute approximate surface area is 126 Å². The highest BCUT2D eigenvalue weighted by atomic mass is 32.1. The van der Waals surface area contributed by atoms with E-state index < -0.39 is 12.7 Å². The van der Waals surface area contributed by atoms with Crippen LogP contribution < -0.4 is 5.73 Å². The lowest BCUT2D eigenvalue weighted by molar-refractivity contribution is -0.149. The number of rotatable bonds is 3. The van der Waals surface area contributed by atoms with Gasteiger partial charge in [0, 0.05) is 48.5 Å². The molecule has 0 atom stereocenters. The summed E-state index contributed by atoms with van der Waals surface area (Å²) in [4.78, 5) is 4.82. The molecule has 0 unspecified atom stereocenters. The fourth-order valence-electron chi connectivity index (χ4n) is 2.26. The monoisotopic (exact) mass is 317 g/mol. The van der Waals surface area contributed by atoms with E-state index in [1.54, 1.807) is 11.3 Å². The number of nitrogens with two attached hydrogens (primary N) is 1. The zero-order valence-corrected chi connectivity index (χ0v) is 12.4. The summed E-state index contributed by atoms with van der Waals surface area (Å²) in [7, 11) is 0. The van der Waals surface area contributed by atoms with Gasteiger partial charge >= 0.3 is 6.18 Å². The van der Waals surface area contributed by atoms with Gasteiger partial charge in [0.15, 0.2) is 0 Å². The Hall–Kier alpha value is -1.07. The van der Waals surface area contributed by atoms with Gasteiger partial charge in [-0.05, 0) is 6.07 Å². The molecule has 0 saturated carbocycles. The second kappa shape index (κ2) is 7.27. The van der Waals surface area contributed by atoms with Gasteiger partial charge in [-0.1, -0.05) is 11.8 Å². The van der Waals surface area contributed by atoms with Gasteiger partial charge in [-0.2, -0.15) is 13.2 Å². The minimum absolute atomic E-state index is 0.340. The zero-order chi connectivity index (χ0) is 15.3. The van der Waals surface area contributed by atoms with Gasteiger partial charge in [-0.25, -0.2) is 0 Å². The molecule has 0 amide bonds. The van der Waals surface area contributed by atoms with Crippen LogP contribution in [0.5, 0.6) is 0 Å². The van der Waals surface area contributed by atoms with Crippen molar-refractivity contribution >= 4 is 11.3 Å². The maximum absolute atomic E-state index is 12.3. The highest BCUT2D eigenvalue weighted by molar-refractivity contribution is 7.10. The Kier molecular flexibility index (Phi) is 5.65. The third-order valence-corrected chi connectivity index (χ3v) is 4.16. The van der Waals surface area contributed by atoms with Crippen LogP contribution in [0.4, 0.5) is 13.2 Å². The molecule has 0 spiro atoms. The molecule has 1 fully saturated rings. The normalized spacial score (nSPS) is 17.5. The van der Waals surface area contributed by atoms with E-state index >= 15 is 0 Å². The van der Waals surface area contributed by atoms with E-state index in [1.807, 2.05) is 11.4 Å². The molecule has 2 heterocycles. The van der Waals surface area contributed by atoms with Crippen molar-refractivity contribution in [3.05, 3.63) is 21.9 Å². The van der Waals surface area contributed by atoms with Crippen LogP contribution in [0.25, 0.3) is 0 Å². The zero-order valence-electron chi connectivity index (χ0n) is 11.6. The summed E-state index contributed by atoms with van der Waals surface area (Å²) in [6.07, 6.45) is -4.10. The van der Waals surface area contributed by atoms with E-state index in [1.165, 1.54) is 9.78 Å². The van der Waals surface area contributed by atoms with Crippen LogP contribution in [0, 0.1) is 11.8 Å². The molecular weight excluding hydrogens is 299 g/mol. The summed E-state index contributed by atoms with van der Waals surface area (Å²) in [6, 6.07) is 2.02. The van der Waals surface area contributed by atoms with E-state index in [4.69, 9.17) is 5.73 Å². The van der Waals surface area contributed by atoms with Crippen molar-refractivity contribution in [2.45, 2.75) is 12.7 Å². The van der Waals surface area contributed by atoms with E-state index in [2.05, 4.69) is 16.7 Å². The Bertz CT molecular complexity index is 508. The van der Waals surface area contributed by atoms with Crippen LogP contribution in [-0.4, -0.2) is 55.2 Å². The minimum Gasteiger partial charge on any atom is -0.320 e. The lowest BCUT2D eigenvalue weighted by Crippen LogP contribution is -2.48. The molecule has 2 N–H and O–H groups in total. The average Bonchev–Trinajstić information content (AvgIpc) is 2.85. The van der Waals surface area contributed by atoms with Gasteiger partial charge in [0.1, 0.15) is 0 Å². The molecule has 21 heavy (non-hydrogen) atoms. The second-order valence-electron chi connectivity index (χ2n) is 4.98. The van der Waals surface area contributed by atoms with E-state index in [-0.39, 0.29) is 0 Å². The first kappa shape index (κ1) is 16.3. The van der Waals surface area contributed by atoms with E-state index in [0.717, 1.165) is 12.1 Å². The van der Waals surface area contributed by atoms with Crippen molar-refractivity contribution in [3.63, 3.8) is 0 Å². The van der Waals surface area contributed by atoms with Gasteiger partial charge in [-0.3, -0.25) is 9.80 Å². The van der Waals surface area contributed by atoms with Crippen LogP contribution >= 0.6 is 11.3 Å². The number of halogens is 3. The summed E-state index contributed by atoms with van der Waals surface area (Å²) < 4.78 is 36.9. The first-order chi connectivity index (χ1) is 9.96. The number of nitrogens with zero attached hydrogens (tertiary/aromatic N) is 2. The van der Waals surface area contributed by atoms with Gasteiger partial charge in [0.25, 0.3) is 0 Å². The molecule has 1 aromatic rings. The van der Waals surface area contributed by atoms with Crippen LogP contribution in [0.3, 0.4) is 0 Å². The summed E-state index contributed by atoms with van der Waals surface area (Å²) in [5, 5.41) is 1.98. The molecule has 7 heteroatoms. The predicted octanol–water partition coefficient (Wildman–Crippen LogP) is 1.74. The summed E-state index contributed by atoms with van der Waals surface area (Å²) >= 11 is 1.63. The maximum atomic E-state index is 12.3. The lowest BCUT2D eigenvalue weighted by atomic mass is 10.2. The van der Waals surface area contributed by atoms with E-state index in [9.17, 15) is 13.2 Å². The Morgan fingerprint density at radius 3 is 2.48 bits per heavy atom. The third-order valence-electron chi connectivity index (χ3n) is 3.24. The standard InChI is InChI=1S/C14H18F3N3S/c15-14(16,17)11-20-6-4-19(5-7-20)9-13-8-12(10-21-13)2-1-3-18/h8,10H,3-7,9,11,18H2. The van der Waals surface area contributed by atoms with Crippen LogP contribution in [-0.2, 0) is 6.54 Å². The smallest absolute Gasteiger partial charge is 0.320 e. The Morgan fingerprint density at radius 2 is 1.86 bits per heavy atom. The van der Waals surface area contributed by atoms with Crippen LogP contribution in [0.15, 0.2) is 11.4 Å². The summed E-state index contributed by atoms with van der Waals surface area (Å²) in [5.41, 5.74) is 6.28. The molecule has 0 aromatic carbocycles. The first-order valence-electron chi connectivity index (χ1n) is 6.74. The molecule has 1 aliphatic rings. The molecule has 1 aromatic heterocycles. The van der Waals surface area contributed by atoms with Gasteiger partial charge in [0.2, 0.25) is 0 Å². The highest BCUT2D eigenvalue weighted by Gasteiger charge is 2.32. The number of piperazine rings is 1. The molecular formula is C14H18F3N3S. The number of hydrogen-bond acceptors (Lipinski definition) is 4. The summed E-state index contributed by atoms with van der Waals surface area (Å²) in [5.74, 6) is 5.79. The van der Waals surface area contributed by atoms with Crippen molar-refractivity contribution in [2.75, 3.05) is 39.3 Å². The fourth-order valence-corrected chi connectivity index (χ4v) is 3.12. The number of alkyl halides is 3. The third kappa shape index (κ3) is 5.67. The Morgan fingerprint density at radius 1 is 1.19 bits per heavy atom. The van der Waals surface area contributed by atoms with Crippen molar-refractivity contribution in [3.8, 4) is 11.8 Å². The minimum atomic E-state index is -4.10. The highest BCUT2D eigenvalue weighted by Crippen LogP contribution is 2.20. The molecule has 0 aliphatic carbocycles. The van der Waals surface area contributed by atoms with Crippen LogP contribution in [0.1, 0.15) is 10.4 Å². The Balaban J connectivity index is 1.79. The van der Waals surface area contributed by atoms with Gasteiger partial charge in [0.05, 0.1) is 13.1 Å². The first-order valence-corrected chi connectivity index (χ1v) is 7.62. The number of thiophene rings is 1. The predicted molar refractivity (Wildman–Crippen MR) is 78.0 cm³/mol. The molecule has 2 rings (SSSR count). The van der Waals surface area contributed by atoms with E-state index in [0.29, 0.717) is 32.7 Å². The molecule has 0 bridgehead atoms. The molecule has 1 saturated heterocycles. The molecule has 116 valence electrons. The SMILES string of the molecule is NCC#Cc1csc(CN2CCN(CC(F)(F)F)CC2)c1.